The van der Waals surface area contributed by atoms with Crippen LogP contribution in [0.15, 0.2) is 83.4 Å². The van der Waals surface area contributed by atoms with Crippen LogP contribution in [-0.2, 0) is 16.0 Å². The van der Waals surface area contributed by atoms with Gasteiger partial charge in [0.25, 0.3) is 5.91 Å². The van der Waals surface area contributed by atoms with Crippen LogP contribution < -0.4 is 10.2 Å². The highest BCUT2D eigenvalue weighted by molar-refractivity contribution is 8.05. The monoisotopic (exact) mass is 487 g/mol. The van der Waals surface area contributed by atoms with Gasteiger partial charge in [0.2, 0.25) is 5.91 Å². The molecule has 0 bridgehead atoms. The number of amides is 2. The highest BCUT2D eigenvalue weighted by Crippen LogP contribution is 2.42. The van der Waals surface area contributed by atoms with Crippen molar-refractivity contribution >= 4 is 46.6 Å². The molecular formula is C27H22ClN3O2S. The maximum Gasteiger partial charge on any atom is 0.269 e. The van der Waals surface area contributed by atoms with E-state index in [1.165, 1.54) is 16.7 Å². The third-order valence-corrected chi connectivity index (χ3v) is 7.23. The Balaban J connectivity index is 1.75. The molecule has 0 aromatic heterocycles. The van der Waals surface area contributed by atoms with Gasteiger partial charge in [0.1, 0.15) is 16.7 Å². The number of rotatable bonds is 5. The zero-order valence-electron chi connectivity index (χ0n) is 18.7. The molecule has 1 saturated heterocycles. The van der Waals surface area contributed by atoms with Gasteiger partial charge in [-0.3, -0.25) is 14.5 Å². The highest BCUT2D eigenvalue weighted by atomic mass is 35.5. The van der Waals surface area contributed by atoms with Crippen LogP contribution in [0.3, 0.4) is 0 Å². The Morgan fingerprint density at radius 2 is 1.68 bits per heavy atom. The minimum atomic E-state index is -0.547. The number of nitrogens with zero attached hydrogens (tertiary/aromatic N) is 2. The number of thioether (sulfide) groups is 1. The molecule has 34 heavy (non-hydrogen) atoms. The predicted molar refractivity (Wildman–Crippen MR) is 138 cm³/mol. The molecule has 1 heterocycles. The number of halogens is 1. The van der Waals surface area contributed by atoms with E-state index in [0.717, 1.165) is 16.7 Å². The highest BCUT2D eigenvalue weighted by Gasteiger charge is 2.41. The molecule has 2 amide bonds. The van der Waals surface area contributed by atoms with Gasteiger partial charge in [-0.1, -0.05) is 78.0 Å². The number of hydrogen-bond acceptors (Lipinski definition) is 4. The molecule has 5 nitrogen and oxygen atoms in total. The Labute approximate surface area is 208 Å². The van der Waals surface area contributed by atoms with E-state index in [0.29, 0.717) is 27.8 Å². The molecular weight excluding hydrogens is 466 g/mol. The minimum absolute atomic E-state index is 0.105. The summed E-state index contributed by atoms with van der Waals surface area (Å²) in [6.07, 6.45) is 0.382. The van der Waals surface area contributed by atoms with Gasteiger partial charge in [-0.2, -0.15) is 5.26 Å². The third-order valence-electron chi connectivity index (χ3n) is 5.60. The molecule has 4 rings (SSSR count). The Kier molecular flexibility index (Phi) is 7.06. The first kappa shape index (κ1) is 23.6. The van der Waals surface area contributed by atoms with Crippen LogP contribution in [0.4, 0.5) is 11.4 Å². The van der Waals surface area contributed by atoms with Crippen molar-refractivity contribution in [2.24, 2.45) is 0 Å². The summed E-state index contributed by atoms with van der Waals surface area (Å²) in [5.74, 6) is -0.742. The summed E-state index contributed by atoms with van der Waals surface area (Å²) in [7, 11) is 0. The maximum atomic E-state index is 13.5. The van der Waals surface area contributed by atoms with Gasteiger partial charge in [0.05, 0.1) is 5.25 Å². The second-order valence-corrected chi connectivity index (χ2v) is 9.52. The third kappa shape index (κ3) is 4.72. The van der Waals surface area contributed by atoms with E-state index in [1.807, 2.05) is 74.5 Å². The van der Waals surface area contributed by atoms with E-state index in [4.69, 9.17) is 11.6 Å². The first-order valence-electron chi connectivity index (χ1n) is 10.7. The number of aryl methyl sites for hydroxylation is 2. The van der Waals surface area contributed by atoms with Crippen molar-refractivity contribution in [1.29, 1.82) is 5.26 Å². The number of benzene rings is 3. The molecule has 7 heteroatoms. The van der Waals surface area contributed by atoms with Gasteiger partial charge >= 0.3 is 0 Å². The fourth-order valence-corrected chi connectivity index (χ4v) is 5.36. The van der Waals surface area contributed by atoms with E-state index in [-0.39, 0.29) is 11.5 Å². The lowest BCUT2D eigenvalue weighted by Gasteiger charge is -2.19. The predicted octanol–water partition coefficient (Wildman–Crippen LogP) is 6.02. The largest absolute Gasteiger partial charge is 0.321 e. The normalized spacial score (nSPS) is 16.8. The van der Waals surface area contributed by atoms with Crippen LogP contribution in [0.25, 0.3) is 0 Å². The van der Waals surface area contributed by atoms with E-state index < -0.39 is 11.2 Å². The van der Waals surface area contributed by atoms with Crippen LogP contribution in [-0.4, -0.2) is 17.1 Å². The summed E-state index contributed by atoms with van der Waals surface area (Å²) in [5.41, 5.74) is 3.78. The van der Waals surface area contributed by atoms with Crippen molar-refractivity contribution < 1.29 is 9.59 Å². The molecule has 0 spiro atoms. The number of anilines is 2. The van der Waals surface area contributed by atoms with Crippen LogP contribution in [0.1, 0.15) is 16.7 Å². The Morgan fingerprint density at radius 1 is 1.03 bits per heavy atom. The molecule has 0 unspecified atom stereocenters. The van der Waals surface area contributed by atoms with Crippen LogP contribution in [0.5, 0.6) is 0 Å². The zero-order valence-corrected chi connectivity index (χ0v) is 20.3. The summed E-state index contributed by atoms with van der Waals surface area (Å²) < 4.78 is 0. The second-order valence-electron chi connectivity index (χ2n) is 7.92. The SMILES string of the molecule is Cc1cccc(C)c1NC(=O)C(C#N)=C1S[C@H](Cc2ccccc2Cl)C(=O)N1c1ccccc1. The van der Waals surface area contributed by atoms with Crippen LogP contribution in [0.2, 0.25) is 5.02 Å². The Hall–Kier alpha value is -3.53. The van der Waals surface area contributed by atoms with Gasteiger partial charge in [0, 0.05) is 16.4 Å². The molecule has 1 fully saturated rings. The Morgan fingerprint density at radius 3 is 2.32 bits per heavy atom. The van der Waals surface area contributed by atoms with E-state index in [2.05, 4.69) is 5.32 Å². The van der Waals surface area contributed by atoms with Gasteiger partial charge < -0.3 is 5.32 Å². The molecule has 0 radical (unpaired) electrons. The minimum Gasteiger partial charge on any atom is -0.321 e. The van der Waals surface area contributed by atoms with Crippen molar-refractivity contribution in [3.8, 4) is 6.07 Å². The van der Waals surface area contributed by atoms with Gasteiger partial charge in [-0.15, -0.1) is 0 Å². The second kappa shape index (κ2) is 10.2. The molecule has 1 aliphatic rings. The summed E-state index contributed by atoms with van der Waals surface area (Å²) in [6, 6.07) is 24.2. The van der Waals surface area contributed by atoms with Gasteiger partial charge in [0.15, 0.2) is 0 Å². The average Bonchev–Trinajstić information content (AvgIpc) is 3.14. The maximum absolute atomic E-state index is 13.5. The molecule has 1 N–H and O–H groups in total. The molecule has 170 valence electrons. The molecule has 1 atom stereocenters. The van der Waals surface area contributed by atoms with E-state index in [1.54, 1.807) is 18.2 Å². The smallest absolute Gasteiger partial charge is 0.269 e. The lowest BCUT2D eigenvalue weighted by Crippen LogP contribution is -2.31. The number of nitrogens with one attached hydrogen (secondary N) is 1. The van der Waals surface area contributed by atoms with Crippen LogP contribution in [0, 0.1) is 25.2 Å². The fourth-order valence-electron chi connectivity index (χ4n) is 3.85. The Bertz CT molecular complexity index is 1310. The molecule has 3 aromatic carbocycles. The molecule has 0 saturated carbocycles. The lowest BCUT2D eigenvalue weighted by atomic mass is 10.1. The lowest BCUT2D eigenvalue weighted by molar-refractivity contribution is -0.117. The summed E-state index contributed by atoms with van der Waals surface area (Å²) in [6.45, 7) is 3.79. The standard InChI is InChI=1S/C27H22ClN3O2S/c1-17-9-8-10-18(2)24(17)30-25(32)21(16-29)27-31(20-12-4-3-5-13-20)26(33)23(34-27)15-19-11-6-7-14-22(19)28/h3-14,23H,15H2,1-2H3,(H,30,32)/t23-/m1/s1. The first-order valence-corrected chi connectivity index (χ1v) is 12.0. The number of para-hydroxylation sites is 2. The van der Waals surface area contributed by atoms with Crippen molar-refractivity contribution in [3.63, 3.8) is 0 Å². The number of nitriles is 1. The topological polar surface area (TPSA) is 73.2 Å². The number of hydrogen-bond donors (Lipinski definition) is 1. The quantitative estimate of drug-likeness (QED) is 0.352. The fraction of sp³-hybridized carbons (Fsp3) is 0.148. The summed E-state index contributed by atoms with van der Waals surface area (Å²) >= 11 is 7.56. The summed E-state index contributed by atoms with van der Waals surface area (Å²) in [5, 5.41) is 13.3. The number of carbonyl (C=O) groups is 2. The summed E-state index contributed by atoms with van der Waals surface area (Å²) in [4.78, 5) is 28.3. The molecule has 1 aliphatic heterocycles. The van der Waals surface area contributed by atoms with Gasteiger partial charge in [-0.05, 0) is 55.2 Å². The van der Waals surface area contributed by atoms with E-state index >= 15 is 0 Å². The average molecular weight is 488 g/mol. The van der Waals surface area contributed by atoms with Crippen molar-refractivity contribution in [1.82, 2.24) is 0 Å². The molecule has 3 aromatic rings. The molecule has 0 aliphatic carbocycles. The number of carbonyl (C=O) groups excluding carboxylic acids is 2. The van der Waals surface area contributed by atoms with Crippen molar-refractivity contribution in [3.05, 3.63) is 105 Å². The van der Waals surface area contributed by atoms with Crippen LogP contribution >= 0.6 is 23.4 Å². The zero-order chi connectivity index (χ0) is 24.2. The van der Waals surface area contributed by atoms with Crippen molar-refractivity contribution in [2.45, 2.75) is 25.5 Å². The van der Waals surface area contributed by atoms with Crippen molar-refractivity contribution in [2.75, 3.05) is 10.2 Å². The van der Waals surface area contributed by atoms with E-state index in [9.17, 15) is 14.9 Å². The first-order chi connectivity index (χ1) is 16.4. The van der Waals surface area contributed by atoms with Gasteiger partial charge in [-0.25, -0.2) is 0 Å².